The molecule has 17 heavy (non-hydrogen) atoms. The lowest BCUT2D eigenvalue weighted by molar-refractivity contribution is 0.762. The third kappa shape index (κ3) is 1.98. The van der Waals surface area contributed by atoms with Crippen molar-refractivity contribution in [2.45, 2.75) is 17.8 Å². The summed E-state index contributed by atoms with van der Waals surface area (Å²) in [6, 6.07) is 12.2. The molecule has 1 aromatic carbocycles. The number of aromatic nitrogens is 2. The molecule has 3 nitrogen and oxygen atoms in total. The third-order valence-corrected chi connectivity index (χ3v) is 3.45. The first-order valence-corrected chi connectivity index (χ1v) is 6.04. The summed E-state index contributed by atoms with van der Waals surface area (Å²) in [5, 5.41) is 11.3. The molecular formula is C13H12ClN3. The summed E-state index contributed by atoms with van der Waals surface area (Å²) in [5.41, 5.74) is 2.58. The molecule has 0 radical (unpaired) electrons. The van der Waals surface area contributed by atoms with Crippen molar-refractivity contribution in [3.05, 3.63) is 53.7 Å². The van der Waals surface area contributed by atoms with Gasteiger partial charge in [0.1, 0.15) is 5.82 Å². The molecule has 0 fully saturated rings. The monoisotopic (exact) mass is 245 g/mol. The molecule has 2 unspecified atom stereocenters. The van der Waals surface area contributed by atoms with E-state index >= 15 is 0 Å². The van der Waals surface area contributed by atoms with E-state index in [1.807, 2.05) is 24.3 Å². The van der Waals surface area contributed by atoms with Crippen molar-refractivity contribution in [2.75, 3.05) is 5.32 Å². The second-order valence-corrected chi connectivity index (χ2v) is 4.71. The summed E-state index contributed by atoms with van der Waals surface area (Å²) < 4.78 is 0. The van der Waals surface area contributed by atoms with E-state index in [2.05, 4.69) is 27.6 Å². The molecule has 1 heterocycles. The lowest BCUT2D eigenvalue weighted by Crippen LogP contribution is -2.17. The number of hydrogen-bond donors (Lipinski definition) is 1. The van der Waals surface area contributed by atoms with Crippen LogP contribution in [0.25, 0.3) is 0 Å². The Morgan fingerprint density at radius 3 is 2.88 bits per heavy atom. The molecule has 3 rings (SSSR count). The van der Waals surface area contributed by atoms with Gasteiger partial charge in [0.15, 0.2) is 0 Å². The summed E-state index contributed by atoms with van der Waals surface area (Å²) >= 11 is 6.38. The maximum absolute atomic E-state index is 6.38. The minimum Gasteiger partial charge on any atom is -0.360 e. The Hall–Kier alpha value is -1.61. The third-order valence-electron chi connectivity index (χ3n) is 3.04. The number of benzene rings is 1. The van der Waals surface area contributed by atoms with Gasteiger partial charge in [-0.05, 0) is 29.7 Å². The Bertz CT molecular complexity index is 515. The smallest absolute Gasteiger partial charge is 0.149 e. The fourth-order valence-corrected chi connectivity index (χ4v) is 2.62. The average Bonchev–Trinajstić information content (AvgIpc) is 2.68. The SMILES string of the molecule is ClC1Cc2ccccc2C1Nc1cccnn1. The van der Waals surface area contributed by atoms with Gasteiger partial charge in [-0.25, -0.2) is 0 Å². The van der Waals surface area contributed by atoms with Crippen LogP contribution in [0.5, 0.6) is 0 Å². The predicted molar refractivity (Wildman–Crippen MR) is 68.2 cm³/mol. The van der Waals surface area contributed by atoms with Gasteiger partial charge in [0.05, 0.1) is 11.4 Å². The zero-order chi connectivity index (χ0) is 11.7. The van der Waals surface area contributed by atoms with E-state index in [-0.39, 0.29) is 11.4 Å². The lowest BCUT2D eigenvalue weighted by atomic mass is 10.1. The Kier molecular flexibility index (Phi) is 2.69. The van der Waals surface area contributed by atoms with Crippen LogP contribution in [0.1, 0.15) is 17.2 Å². The highest BCUT2D eigenvalue weighted by atomic mass is 35.5. The number of nitrogens with zero attached hydrogens (tertiary/aromatic N) is 2. The van der Waals surface area contributed by atoms with E-state index in [1.54, 1.807) is 6.20 Å². The second-order valence-electron chi connectivity index (χ2n) is 4.15. The molecule has 1 aliphatic rings. The number of nitrogens with one attached hydrogen (secondary N) is 1. The second kappa shape index (κ2) is 4.34. The van der Waals surface area contributed by atoms with E-state index in [0.717, 1.165) is 12.2 Å². The molecule has 2 aromatic rings. The maximum Gasteiger partial charge on any atom is 0.149 e. The van der Waals surface area contributed by atoms with Crippen LogP contribution in [0, 0.1) is 0 Å². The zero-order valence-electron chi connectivity index (χ0n) is 9.18. The van der Waals surface area contributed by atoms with E-state index < -0.39 is 0 Å². The highest BCUT2D eigenvalue weighted by Crippen LogP contribution is 2.36. The van der Waals surface area contributed by atoms with Crippen molar-refractivity contribution in [3.63, 3.8) is 0 Å². The molecule has 0 amide bonds. The van der Waals surface area contributed by atoms with Crippen LogP contribution in [-0.4, -0.2) is 15.6 Å². The Balaban J connectivity index is 1.89. The average molecular weight is 246 g/mol. The van der Waals surface area contributed by atoms with Gasteiger partial charge in [-0.1, -0.05) is 24.3 Å². The fraction of sp³-hybridized carbons (Fsp3) is 0.231. The van der Waals surface area contributed by atoms with E-state index in [4.69, 9.17) is 11.6 Å². The molecule has 1 aromatic heterocycles. The van der Waals surface area contributed by atoms with Crippen LogP contribution >= 0.6 is 11.6 Å². The summed E-state index contributed by atoms with van der Waals surface area (Å²) in [6.45, 7) is 0. The Morgan fingerprint density at radius 2 is 2.06 bits per heavy atom. The molecule has 4 heteroatoms. The first-order chi connectivity index (χ1) is 8.34. The van der Waals surface area contributed by atoms with Crippen LogP contribution in [0.4, 0.5) is 5.82 Å². The summed E-state index contributed by atoms with van der Waals surface area (Å²) in [5.74, 6) is 0.764. The normalized spacial score (nSPS) is 22.2. The Labute approximate surface area is 105 Å². The van der Waals surface area contributed by atoms with Gasteiger partial charge in [-0.2, -0.15) is 5.10 Å². The molecular weight excluding hydrogens is 234 g/mol. The maximum atomic E-state index is 6.38. The fourth-order valence-electron chi connectivity index (χ4n) is 2.25. The lowest BCUT2D eigenvalue weighted by Gasteiger charge is -2.17. The Morgan fingerprint density at radius 1 is 1.18 bits per heavy atom. The molecule has 0 spiro atoms. The number of fused-ring (bicyclic) bond motifs is 1. The molecule has 0 saturated heterocycles. The van der Waals surface area contributed by atoms with E-state index in [1.165, 1.54) is 11.1 Å². The topological polar surface area (TPSA) is 37.8 Å². The standard InChI is InChI=1S/C13H12ClN3/c14-11-8-9-4-1-2-5-10(9)13(11)16-12-6-3-7-15-17-12/h1-7,11,13H,8H2,(H,16,17). The van der Waals surface area contributed by atoms with Crippen LogP contribution in [-0.2, 0) is 6.42 Å². The summed E-state index contributed by atoms with van der Waals surface area (Å²) in [6.07, 6.45) is 2.56. The van der Waals surface area contributed by atoms with Crippen molar-refractivity contribution in [1.29, 1.82) is 0 Å². The molecule has 2 atom stereocenters. The summed E-state index contributed by atoms with van der Waals surface area (Å²) in [4.78, 5) is 0. The van der Waals surface area contributed by atoms with Gasteiger partial charge in [-0.15, -0.1) is 16.7 Å². The molecule has 0 bridgehead atoms. The van der Waals surface area contributed by atoms with E-state index in [0.29, 0.717) is 0 Å². The molecule has 0 saturated carbocycles. The van der Waals surface area contributed by atoms with Gasteiger partial charge in [-0.3, -0.25) is 0 Å². The van der Waals surface area contributed by atoms with Gasteiger partial charge >= 0.3 is 0 Å². The van der Waals surface area contributed by atoms with Crippen molar-refractivity contribution in [2.24, 2.45) is 0 Å². The van der Waals surface area contributed by atoms with E-state index in [9.17, 15) is 0 Å². The minimum absolute atomic E-state index is 0.0643. The van der Waals surface area contributed by atoms with Crippen LogP contribution in [0.15, 0.2) is 42.6 Å². The number of hydrogen-bond acceptors (Lipinski definition) is 3. The van der Waals surface area contributed by atoms with Crippen molar-refractivity contribution in [1.82, 2.24) is 10.2 Å². The summed E-state index contributed by atoms with van der Waals surface area (Å²) in [7, 11) is 0. The highest BCUT2D eigenvalue weighted by Gasteiger charge is 2.30. The molecule has 1 N–H and O–H groups in total. The number of anilines is 1. The van der Waals surface area contributed by atoms with Crippen LogP contribution < -0.4 is 5.32 Å². The largest absolute Gasteiger partial charge is 0.360 e. The van der Waals surface area contributed by atoms with Crippen molar-refractivity contribution >= 4 is 17.4 Å². The first-order valence-electron chi connectivity index (χ1n) is 5.61. The molecule has 86 valence electrons. The number of rotatable bonds is 2. The van der Waals surface area contributed by atoms with Gasteiger partial charge in [0.25, 0.3) is 0 Å². The quantitative estimate of drug-likeness (QED) is 0.827. The number of alkyl halides is 1. The van der Waals surface area contributed by atoms with Gasteiger partial charge in [0, 0.05) is 6.20 Å². The zero-order valence-corrected chi connectivity index (χ0v) is 9.93. The van der Waals surface area contributed by atoms with Crippen molar-refractivity contribution in [3.8, 4) is 0 Å². The van der Waals surface area contributed by atoms with Gasteiger partial charge in [0.2, 0.25) is 0 Å². The van der Waals surface area contributed by atoms with Gasteiger partial charge < -0.3 is 5.32 Å². The highest BCUT2D eigenvalue weighted by molar-refractivity contribution is 6.21. The first kappa shape index (κ1) is 10.5. The molecule has 0 aliphatic heterocycles. The van der Waals surface area contributed by atoms with Crippen molar-refractivity contribution < 1.29 is 0 Å². The van der Waals surface area contributed by atoms with Crippen LogP contribution in [0.3, 0.4) is 0 Å². The predicted octanol–water partition coefficient (Wildman–Crippen LogP) is 2.79. The van der Waals surface area contributed by atoms with Crippen LogP contribution in [0.2, 0.25) is 0 Å². The number of halogens is 1. The minimum atomic E-state index is 0.0643. The molecule has 1 aliphatic carbocycles.